The maximum atomic E-state index is 12.5. The number of carbonyl (C=O) groups excluding carboxylic acids is 1. The van der Waals surface area contributed by atoms with E-state index >= 15 is 0 Å². The highest BCUT2D eigenvalue weighted by Gasteiger charge is 2.16. The van der Waals surface area contributed by atoms with Gasteiger partial charge in [-0.3, -0.25) is 9.59 Å². The van der Waals surface area contributed by atoms with E-state index in [0.29, 0.717) is 11.9 Å². The van der Waals surface area contributed by atoms with E-state index in [1.807, 2.05) is 29.7 Å². The number of amides is 1. The monoisotopic (exact) mass is 367 g/mol. The molecule has 0 unspecified atom stereocenters. The number of benzene rings is 1. The fourth-order valence-electron chi connectivity index (χ4n) is 3.52. The van der Waals surface area contributed by atoms with Gasteiger partial charge in [0.2, 0.25) is 5.91 Å². The summed E-state index contributed by atoms with van der Waals surface area (Å²) in [6.07, 6.45) is 4.62. The molecule has 26 heavy (non-hydrogen) atoms. The Morgan fingerprint density at radius 3 is 2.92 bits per heavy atom. The van der Waals surface area contributed by atoms with Crippen molar-refractivity contribution in [1.82, 2.24) is 14.9 Å². The van der Waals surface area contributed by atoms with Crippen molar-refractivity contribution in [3.8, 4) is 0 Å². The molecule has 0 aliphatic heterocycles. The van der Waals surface area contributed by atoms with E-state index in [1.54, 1.807) is 23.5 Å². The first-order valence-electron chi connectivity index (χ1n) is 8.95. The number of nitrogens with zero attached hydrogens (tertiary/aromatic N) is 2. The standard InChI is InChI=1S/C20H21N3O2S/c1-13-10-17(24)14-6-2-4-8-16(14)23(13)12-19(25)21-11-20-22-15-7-3-5-9-18(15)26-20/h2,4,6,8,10H,3,5,7,9,11-12H2,1H3,(H,21,25). The van der Waals surface area contributed by atoms with Crippen molar-refractivity contribution in [3.63, 3.8) is 0 Å². The molecule has 2 aromatic heterocycles. The minimum Gasteiger partial charge on any atom is -0.348 e. The first kappa shape index (κ1) is 17.0. The molecule has 1 amide bonds. The van der Waals surface area contributed by atoms with Crippen LogP contribution < -0.4 is 10.7 Å². The minimum atomic E-state index is -0.0740. The molecule has 0 spiro atoms. The molecule has 0 bridgehead atoms. The van der Waals surface area contributed by atoms with Crippen LogP contribution in [0.4, 0.5) is 0 Å². The molecule has 6 heteroatoms. The summed E-state index contributed by atoms with van der Waals surface area (Å²) in [6, 6.07) is 8.99. The number of hydrogen-bond donors (Lipinski definition) is 1. The lowest BCUT2D eigenvalue weighted by Gasteiger charge is -2.14. The lowest BCUT2D eigenvalue weighted by Crippen LogP contribution is -2.28. The third-order valence-corrected chi connectivity index (χ3v) is 6.01. The third-order valence-electron chi connectivity index (χ3n) is 4.85. The summed E-state index contributed by atoms with van der Waals surface area (Å²) in [6.45, 7) is 2.52. The van der Waals surface area contributed by atoms with E-state index in [-0.39, 0.29) is 17.9 Å². The zero-order chi connectivity index (χ0) is 18.1. The Hall–Kier alpha value is -2.47. The Bertz CT molecular complexity index is 1010. The molecule has 134 valence electrons. The molecular weight excluding hydrogens is 346 g/mol. The Morgan fingerprint density at radius 1 is 1.27 bits per heavy atom. The Kier molecular flexibility index (Phi) is 4.59. The fourth-order valence-corrected chi connectivity index (χ4v) is 4.61. The van der Waals surface area contributed by atoms with Crippen LogP contribution in [0.5, 0.6) is 0 Å². The number of hydrogen-bond acceptors (Lipinski definition) is 4. The largest absolute Gasteiger partial charge is 0.348 e. The van der Waals surface area contributed by atoms with Gasteiger partial charge in [-0.05, 0) is 44.7 Å². The summed E-state index contributed by atoms with van der Waals surface area (Å²) in [7, 11) is 0. The van der Waals surface area contributed by atoms with Crippen molar-refractivity contribution in [1.29, 1.82) is 0 Å². The molecule has 1 aromatic carbocycles. The maximum absolute atomic E-state index is 12.5. The number of aryl methyl sites for hydroxylation is 3. The van der Waals surface area contributed by atoms with Crippen LogP contribution in [0, 0.1) is 6.92 Å². The van der Waals surface area contributed by atoms with Crippen molar-refractivity contribution >= 4 is 28.1 Å². The molecule has 1 aliphatic carbocycles. The normalized spacial score (nSPS) is 13.6. The number of rotatable bonds is 4. The average molecular weight is 367 g/mol. The van der Waals surface area contributed by atoms with E-state index in [4.69, 9.17) is 0 Å². The van der Waals surface area contributed by atoms with E-state index in [2.05, 4.69) is 10.3 Å². The van der Waals surface area contributed by atoms with Crippen molar-refractivity contribution < 1.29 is 4.79 Å². The number of fused-ring (bicyclic) bond motifs is 2. The molecule has 0 saturated carbocycles. The van der Waals surface area contributed by atoms with E-state index in [1.165, 1.54) is 23.4 Å². The molecule has 0 atom stereocenters. The van der Waals surface area contributed by atoms with Gasteiger partial charge >= 0.3 is 0 Å². The molecule has 3 aromatic rings. The van der Waals surface area contributed by atoms with Crippen molar-refractivity contribution in [3.05, 3.63) is 61.8 Å². The number of para-hydroxylation sites is 1. The van der Waals surface area contributed by atoms with Crippen LogP contribution in [0.1, 0.15) is 34.1 Å². The van der Waals surface area contributed by atoms with Crippen LogP contribution in [0.15, 0.2) is 35.1 Å². The molecular formula is C20H21N3O2S. The molecule has 1 N–H and O–H groups in total. The second kappa shape index (κ2) is 7.03. The second-order valence-corrected chi connectivity index (χ2v) is 7.88. The van der Waals surface area contributed by atoms with Crippen LogP contribution >= 0.6 is 11.3 Å². The predicted molar refractivity (Wildman–Crippen MR) is 104 cm³/mol. The van der Waals surface area contributed by atoms with Gasteiger partial charge in [0.15, 0.2) is 5.43 Å². The highest BCUT2D eigenvalue weighted by Crippen LogP contribution is 2.26. The van der Waals surface area contributed by atoms with Crippen LogP contribution in [0.3, 0.4) is 0 Å². The lowest BCUT2D eigenvalue weighted by atomic mass is 10.0. The van der Waals surface area contributed by atoms with Crippen molar-refractivity contribution in [2.45, 2.75) is 45.7 Å². The number of nitrogens with one attached hydrogen (secondary N) is 1. The van der Waals surface area contributed by atoms with Gasteiger partial charge in [0.05, 0.1) is 17.8 Å². The molecule has 0 saturated heterocycles. The molecule has 5 nitrogen and oxygen atoms in total. The fraction of sp³-hybridized carbons (Fsp3) is 0.350. The lowest BCUT2D eigenvalue weighted by molar-refractivity contribution is -0.121. The molecule has 0 fully saturated rings. The van der Waals surface area contributed by atoms with Crippen LogP contribution in [0.2, 0.25) is 0 Å². The second-order valence-electron chi connectivity index (χ2n) is 6.71. The average Bonchev–Trinajstić information content (AvgIpc) is 3.06. The van der Waals surface area contributed by atoms with Gasteiger partial charge in [0, 0.05) is 22.0 Å². The number of thiazole rings is 1. The van der Waals surface area contributed by atoms with Crippen LogP contribution in [-0.2, 0) is 30.7 Å². The van der Waals surface area contributed by atoms with E-state index in [0.717, 1.165) is 29.1 Å². The molecule has 2 heterocycles. The highest BCUT2D eigenvalue weighted by molar-refractivity contribution is 7.11. The van der Waals surface area contributed by atoms with Gasteiger partial charge < -0.3 is 9.88 Å². The first-order valence-corrected chi connectivity index (χ1v) is 9.77. The van der Waals surface area contributed by atoms with Crippen LogP contribution in [-0.4, -0.2) is 15.5 Å². The van der Waals surface area contributed by atoms with Crippen molar-refractivity contribution in [2.24, 2.45) is 0 Å². The predicted octanol–water partition coefficient (Wildman–Crippen LogP) is 2.96. The summed E-state index contributed by atoms with van der Waals surface area (Å²) < 4.78 is 1.89. The minimum absolute atomic E-state index is 0.0110. The third kappa shape index (κ3) is 3.29. The van der Waals surface area contributed by atoms with Crippen LogP contribution in [0.25, 0.3) is 10.9 Å². The van der Waals surface area contributed by atoms with Gasteiger partial charge in [-0.1, -0.05) is 12.1 Å². The quantitative estimate of drug-likeness (QED) is 0.771. The zero-order valence-electron chi connectivity index (χ0n) is 14.7. The Balaban J connectivity index is 1.49. The summed E-state index contributed by atoms with van der Waals surface area (Å²) in [5, 5.41) is 4.59. The first-order chi connectivity index (χ1) is 12.6. The van der Waals surface area contributed by atoms with Gasteiger partial charge in [0.25, 0.3) is 0 Å². The van der Waals surface area contributed by atoms with E-state index < -0.39 is 0 Å². The molecule has 4 rings (SSSR count). The highest BCUT2D eigenvalue weighted by atomic mass is 32.1. The van der Waals surface area contributed by atoms with E-state index in [9.17, 15) is 9.59 Å². The Labute approximate surface area is 155 Å². The topological polar surface area (TPSA) is 64.0 Å². The summed E-state index contributed by atoms with van der Waals surface area (Å²) in [4.78, 5) is 30.6. The smallest absolute Gasteiger partial charge is 0.240 e. The molecule has 1 aliphatic rings. The summed E-state index contributed by atoms with van der Waals surface area (Å²) in [5.74, 6) is -0.0740. The number of pyridine rings is 1. The zero-order valence-corrected chi connectivity index (χ0v) is 15.6. The maximum Gasteiger partial charge on any atom is 0.240 e. The SMILES string of the molecule is Cc1cc(=O)c2ccccc2n1CC(=O)NCc1nc2c(s1)CCCC2. The Morgan fingerprint density at radius 2 is 2.08 bits per heavy atom. The summed E-state index contributed by atoms with van der Waals surface area (Å²) >= 11 is 1.72. The summed E-state index contributed by atoms with van der Waals surface area (Å²) in [5.41, 5.74) is 2.78. The van der Waals surface area contributed by atoms with Gasteiger partial charge in [-0.15, -0.1) is 11.3 Å². The van der Waals surface area contributed by atoms with Gasteiger partial charge in [-0.2, -0.15) is 0 Å². The number of aromatic nitrogens is 2. The van der Waals surface area contributed by atoms with Gasteiger partial charge in [0.1, 0.15) is 11.6 Å². The molecule has 0 radical (unpaired) electrons. The van der Waals surface area contributed by atoms with Gasteiger partial charge in [-0.25, -0.2) is 4.98 Å². The number of carbonyl (C=O) groups is 1. The van der Waals surface area contributed by atoms with Crippen molar-refractivity contribution in [2.75, 3.05) is 0 Å².